The summed E-state index contributed by atoms with van der Waals surface area (Å²) in [6.45, 7) is 0.472. The SMILES string of the molecule is Cl.NCCO.O=P(O)(O)O. The number of aliphatic hydroxyl groups is 1. The molecule has 66 valence electrons. The smallest absolute Gasteiger partial charge is 0.395 e. The highest BCUT2D eigenvalue weighted by Gasteiger charge is 2.00. The first-order valence-corrected chi connectivity index (χ1v) is 3.57. The molecular formula is C2H11ClNO5P. The van der Waals surface area contributed by atoms with Gasteiger partial charge in [0.15, 0.2) is 0 Å². The first kappa shape index (κ1) is 16.7. The predicted octanol–water partition coefficient (Wildman–Crippen LogP) is -1.57. The van der Waals surface area contributed by atoms with Crippen LogP contribution in [0.15, 0.2) is 0 Å². The molecular weight excluding hydrogens is 184 g/mol. The summed E-state index contributed by atoms with van der Waals surface area (Å²) < 4.78 is 8.88. The van der Waals surface area contributed by atoms with Gasteiger partial charge in [-0.15, -0.1) is 12.4 Å². The number of phosphoric acid groups is 1. The largest absolute Gasteiger partial charge is 0.466 e. The molecule has 0 aromatic rings. The number of rotatable bonds is 1. The highest BCUT2D eigenvalue weighted by molar-refractivity contribution is 7.45. The highest BCUT2D eigenvalue weighted by atomic mass is 35.5. The van der Waals surface area contributed by atoms with Gasteiger partial charge in [-0.1, -0.05) is 0 Å². The molecule has 10 heavy (non-hydrogen) atoms. The molecule has 0 fully saturated rings. The fraction of sp³-hybridized carbons (Fsp3) is 1.00. The second kappa shape index (κ2) is 9.32. The highest BCUT2D eigenvalue weighted by Crippen LogP contribution is 2.25. The molecule has 0 heterocycles. The first-order valence-electron chi connectivity index (χ1n) is 2.01. The van der Waals surface area contributed by atoms with E-state index in [1.54, 1.807) is 0 Å². The van der Waals surface area contributed by atoms with Crippen LogP contribution in [-0.2, 0) is 4.57 Å². The Bertz CT molecular complexity index is 83.4. The second-order valence-corrected chi connectivity index (χ2v) is 2.05. The molecule has 0 saturated carbocycles. The topological polar surface area (TPSA) is 124 Å². The van der Waals surface area contributed by atoms with Gasteiger partial charge in [0, 0.05) is 6.54 Å². The minimum atomic E-state index is -4.64. The molecule has 0 unspecified atom stereocenters. The van der Waals surface area contributed by atoms with Crippen molar-refractivity contribution in [3.8, 4) is 0 Å². The maximum Gasteiger partial charge on any atom is 0.466 e. The molecule has 0 atom stereocenters. The zero-order chi connectivity index (χ0) is 7.91. The summed E-state index contributed by atoms with van der Waals surface area (Å²) in [4.78, 5) is 21.6. The Labute approximate surface area is 64.3 Å². The van der Waals surface area contributed by atoms with E-state index >= 15 is 0 Å². The van der Waals surface area contributed by atoms with Crippen molar-refractivity contribution in [1.82, 2.24) is 0 Å². The zero-order valence-electron chi connectivity index (χ0n) is 5.04. The van der Waals surface area contributed by atoms with E-state index in [1.165, 1.54) is 0 Å². The fourth-order valence-electron chi connectivity index (χ4n) is 0. The standard InChI is InChI=1S/C2H7NO.ClH.H3O4P/c3-1-2-4;;1-5(2,3)4/h4H,1-3H2;1H;(H3,1,2,3,4). The summed E-state index contributed by atoms with van der Waals surface area (Å²) in [7, 11) is -4.64. The lowest BCUT2D eigenvalue weighted by Gasteiger charge is -1.82. The van der Waals surface area contributed by atoms with E-state index in [1.807, 2.05) is 0 Å². The molecule has 6 N–H and O–H groups in total. The number of hydrogen-bond donors (Lipinski definition) is 5. The van der Waals surface area contributed by atoms with Crippen LogP contribution in [0, 0.1) is 0 Å². The van der Waals surface area contributed by atoms with Crippen LogP contribution in [0.1, 0.15) is 0 Å². The predicted molar refractivity (Wildman–Crippen MR) is 37.7 cm³/mol. The van der Waals surface area contributed by atoms with Crippen LogP contribution in [0.3, 0.4) is 0 Å². The van der Waals surface area contributed by atoms with E-state index in [0.717, 1.165) is 0 Å². The van der Waals surface area contributed by atoms with Gasteiger partial charge in [0.2, 0.25) is 0 Å². The Hall–Kier alpha value is 0.320. The van der Waals surface area contributed by atoms with Crippen molar-refractivity contribution in [2.24, 2.45) is 5.73 Å². The van der Waals surface area contributed by atoms with Crippen molar-refractivity contribution in [2.45, 2.75) is 0 Å². The number of halogens is 1. The quantitative estimate of drug-likeness (QED) is 0.322. The van der Waals surface area contributed by atoms with E-state index in [2.05, 4.69) is 0 Å². The van der Waals surface area contributed by atoms with Gasteiger partial charge in [-0.3, -0.25) is 0 Å². The summed E-state index contributed by atoms with van der Waals surface area (Å²) in [5.74, 6) is 0. The minimum absolute atomic E-state index is 0. The third kappa shape index (κ3) is 256. The fourth-order valence-corrected chi connectivity index (χ4v) is 0. The molecule has 0 saturated heterocycles. The molecule has 0 aliphatic carbocycles. The zero-order valence-corrected chi connectivity index (χ0v) is 6.76. The Morgan fingerprint density at radius 1 is 1.30 bits per heavy atom. The van der Waals surface area contributed by atoms with E-state index in [0.29, 0.717) is 6.54 Å². The first-order chi connectivity index (χ1) is 3.91. The van der Waals surface area contributed by atoms with Crippen molar-refractivity contribution in [2.75, 3.05) is 13.2 Å². The number of nitrogens with two attached hydrogens (primary N) is 1. The van der Waals surface area contributed by atoms with Crippen LogP contribution < -0.4 is 5.73 Å². The lowest BCUT2D eigenvalue weighted by atomic mass is 10.8. The summed E-state index contributed by atoms with van der Waals surface area (Å²) >= 11 is 0. The van der Waals surface area contributed by atoms with Gasteiger partial charge in [0.1, 0.15) is 0 Å². The van der Waals surface area contributed by atoms with Gasteiger partial charge in [0.25, 0.3) is 0 Å². The van der Waals surface area contributed by atoms with Gasteiger partial charge < -0.3 is 25.5 Å². The summed E-state index contributed by atoms with van der Waals surface area (Å²) in [6.07, 6.45) is 0. The third-order valence-electron chi connectivity index (χ3n) is 0.129. The normalized spacial score (nSPS) is 8.90. The second-order valence-electron chi connectivity index (χ2n) is 1.03. The minimum Gasteiger partial charge on any atom is -0.395 e. The number of aliphatic hydroxyl groups excluding tert-OH is 1. The lowest BCUT2D eigenvalue weighted by molar-refractivity contribution is 0.275. The van der Waals surface area contributed by atoms with E-state index < -0.39 is 7.82 Å². The van der Waals surface area contributed by atoms with Gasteiger partial charge in [-0.2, -0.15) is 0 Å². The van der Waals surface area contributed by atoms with Crippen LogP contribution in [0.5, 0.6) is 0 Å². The molecule has 6 nitrogen and oxygen atoms in total. The van der Waals surface area contributed by atoms with Crippen molar-refractivity contribution in [3.63, 3.8) is 0 Å². The molecule has 8 heteroatoms. The monoisotopic (exact) mass is 195 g/mol. The van der Waals surface area contributed by atoms with Gasteiger partial charge in [0.05, 0.1) is 6.61 Å². The molecule has 0 spiro atoms. The summed E-state index contributed by atoms with van der Waals surface area (Å²) in [6, 6.07) is 0. The van der Waals surface area contributed by atoms with Crippen LogP contribution in [-0.4, -0.2) is 32.9 Å². The van der Waals surface area contributed by atoms with E-state index in [-0.39, 0.29) is 19.0 Å². The van der Waals surface area contributed by atoms with Crippen LogP contribution in [0.2, 0.25) is 0 Å². The molecule has 0 bridgehead atoms. The van der Waals surface area contributed by atoms with Crippen LogP contribution in [0.25, 0.3) is 0 Å². The van der Waals surface area contributed by atoms with Gasteiger partial charge >= 0.3 is 7.82 Å². The Morgan fingerprint density at radius 3 is 1.40 bits per heavy atom. The molecule has 0 amide bonds. The molecule has 0 aromatic heterocycles. The van der Waals surface area contributed by atoms with Crippen LogP contribution in [0.4, 0.5) is 0 Å². The van der Waals surface area contributed by atoms with Crippen molar-refractivity contribution < 1.29 is 24.4 Å². The molecule has 0 aliphatic heterocycles. The van der Waals surface area contributed by atoms with E-state index in [4.69, 9.17) is 30.1 Å². The maximum absolute atomic E-state index is 8.88. The molecule has 0 rings (SSSR count). The van der Waals surface area contributed by atoms with Crippen molar-refractivity contribution >= 4 is 20.2 Å². The summed E-state index contributed by atoms with van der Waals surface area (Å²) in [5, 5.41) is 7.75. The number of hydrogen-bond acceptors (Lipinski definition) is 3. The van der Waals surface area contributed by atoms with Gasteiger partial charge in [-0.05, 0) is 0 Å². The maximum atomic E-state index is 8.88. The third-order valence-corrected chi connectivity index (χ3v) is 0.129. The van der Waals surface area contributed by atoms with Crippen molar-refractivity contribution in [1.29, 1.82) is 0 Å². The Morgan fingerprint density at radius 2 is 1.40 bits per heavy atom. The molecule has 0 radical (unpaired) electrons. The Kier molecular flexibility index (Phi) is 15.6. The Balaban J connectivity index is -0.0000000910. The van der Waals surface area contributed by atoms with E-state index in [9.17, 15) is 0 Å². The summed E-state index contributed by atoms with van der Waals surface area (Å²) in [5.41, 5.74) is 4.78. The average molecular weight is 196 g/mol. The van der Waals surface area contributed by atoms with Crippen molar-refractivity contribution in [3.05, 3.63) is 0 Å². The molecule has 0 aromatic carbocycles. The van der Waals surface area contributed by atoms with Gasteiger partial charge in [-0.25, -0.2) is 4.57 Å². The molecule has 0 aliphatic rings. The average Bonchev–Trinajstić information content (AvgIpc) is 1.61. The lowest BCUT2D eigenvalue weighted by Crippen LogP contribution is -2.02. The van der Waals surface area contributed by atoms with Crippen LogP contribution >= 0.6 is 20.2 Å².